The highest BCUT2D eigenvalue weighted by atomic mass is 19.4. The number of allylic oxidation sites excluding steroid dienone is 4. The Bertz CT molecular complexity index is 1210. The predicted molar refractivity (Wildman–Crippen MR) is 148 cm³/mol. The zero-order chi connectivity index (χ0) is 28.1. The molecule has 2 aromatic rings. The Hall–Kier alpha value is -3.68. The predicted octanol–water partition coefficient (Wildman–Crippen LogP) is 8.42. The van der Waals surface area contributed by atoms with E-state index in [2.05, 4.69) is 22.2 Å². The monoisotopic (exact) mass is 529 g/mol. The van der Waals surface area contributed by atoms with Crippen LogP contribution in [-0.4, -0.2) is 29.9 Å². The van der Waals surface area contributed by atoms with Crippen LogP contribution < -0.4 is 5.32 Å². The summed E-state index contributed by atoms with van der Waals surface area (Å²) in [6.45, 7) is 7.37. The van der Waals surface area contributed by atoms with Gasteiger partial charge in [-0.1, -0.05) is 57.0 Å². The van der Waals surface area contributed by atoms with Crippen LogP contribution in [0.5, 0.6) is 5.75 Å². The second kappa shape index (κ2) is 14.9. The van der Waals surface area contributed by atoms with Gasteiger partial charge in [0.05, 0.1) is 6.54 Å². The fourth-order valence-electron chi connectivity index (χ4n) is 3.40. The minimum absolute atomic E-state index is 0.0394. The van der Waals surface area contributed by atoms with Gasteiger partial charge in [-0.3, -0.25) is 9.98 Å². The van der Waals surface area contributed by atoms with Crippen LogP contribution in [0.15, 0.2) is 82.1 Å². The van der Waals surface area contributed by atoms with Crippen molar-refractivity contribution in [2.75, 3.05) is 6.54 Å². The van der Waals surface area contributed by atoms with Gasteiger partial charge in [-0.05, 0) is 73.9 Å². The van der Waals surface area contributed by atoms with Crippen LogP contribution in [0.1, 0.15) is 57.6 Å². The Morgan fingerprint density at radius 2 is 1.71 bits per heavy atom. The molecule has 38 heavy (non-hydrogen) atoms. The Morgan fingerprint density at radius 1 is 1.03 bits per heavy atom. The average molecular weight is 530 g/mol. The fourth-order valence-corrected chi connectivity index (χ4v) is 3.40. The highest BCUT2D eigenvalue weighted by molar-refractivity contribution is 6.02. The maximum Gasteiger partial charge on any atom is 0.433 e. The number of unbranched alkanes of at least 4 members (excludes halogenated alkanes) is 2. The van der Waals surface area contributed by atoms with Crippen molar-refractivity contribution in [1.29, 1.82) is 0 Å². The lowest BCUT2D eigenvalue weighted by Gasteiger charge is -2.14. The molecule has 0 radical (unpaired) electrons. The topological polar surface area (TPSA) is 57.0 Å². The van der Waals surface area contributed by atoms with E-state index in [0.29, 0.717) is 40.1 Å². The summed E-state index contributed by atoms with van der Waals surface area (Å²) in [5.41, 5.74) is 2.11. The van der Waals surface area contributed by atoms with E-state index in [9.17, 15) is 22.7 Å². The molecular weight excluding hydrogens is 494 g/mol. The van der Waals surface area contributed by atoms with E-state index in [1.165, 1.54) is 18.3 Å². The van der Waals surface area contributed by atoms with Crippen molar-refractivity contribution in [3.63, 3.8) is 0 Å². The number of benzene rings is 2. The minimum atomic E-state index is -4.54. The number of phenolic OH excluding ortho intramolecular Hbond substituents is 1. The zero-order valence-electron chi connectivity index (χ0n) is 22.2. The van der Waals surface area contributed by atoms with Crippen LogP contribution in [0.3, 0.4) is 0 Å². The highest BCUT2D eigenvalue weighted by Crippen LogP contribution is 2.30. The summed E-state index contributed by atoms with van der Waals surface area (Å²) in [6.07, 6.45) is 5.75. The molecule has 0 saturated heterocycles. The molecular formula is C30H35F4N3O. The molecule has 2 aromatic carbocycles. The van der Waals surface area contributed by atoms with E-state index in [-0.39, 0.29) is 24.5 Å². The summed E-state index contributed by atoms with van der Waals surface area (Å²) in [6, 6.07) is 9.35. The molecule has 0 saturated carbocycles. The number of hydrogen-bond acceptors (Lipinski definition) is 3. The second-order valence-electron chi connectivity index (χ2n) is 8.67. The maximum absolute atomic E-state index is 13.4. The minimum Gasteiger partial charge on any atom is -0.508 e. The molecule has 0 heterocycles. The molecule has 4 nitrogen and oxygen atoms in total. The second-order valence-corrected chi connectivity index (χ2v) is 8.67. The number of aliphatic imine (C=N–C) groups is 2. The zero-order valence-corrected chi connectivity index (χ0v) is 22.2. The third kappa shape index (κ3) is 9.32. The van der Waals surface area contributed by atoms with Crippen LogP contribution in [0.2, 0.25) is 0 Å². The summed E-state index contributed by atoms with van der Waals surface area (Å²) >= 11 is 0. The van der Waals surface area contributed by atoms with Gasteiger partial charge in [-0.25, -0.2) is 4.39 Å². The number of alkyl halides is 3. The van der Waals surface area contributed by atoms with Crippen molar-refractivity contribution in [3.8, 4) is 16.9 Å². The van der Waals surface area contributed by atoms with Gasteiger partial charge >= 0.3 is 6.18 Å². The molecule has 0 aromatic heterocycles. The summed E-state index contributed by atoms with van der Waals surface area (Å²) in [5, 5.41) is 13.8. The Kier molecular flexibility index (Phi) is 12.0. The number of aromatic hydroxyl groups is 1. The van der Waals surface area contributed by atoms with Gasteiger partial charge in [0, 0.05) is 17.3 Å². The van der Waals surface area contributed by atoms with Gasteiger partial charge in [0.15, 0.2) is 0 Å². The lowest BCUT2D eigenvalue weighted by atomic mass is 9.98. The first-order valence-corrected chi connectivity index (χ1v) is 12.6. The van der Waals surface area contributed by atoms with Crippen molar-refractivity contribution in [3.05, 3.63) is 89.0 Å². The van der Waals surface area contributed by atoms with E-state index in [1.54, 1.807) is 51.2 Å². The van der Waals surface area contributed by atoms with Gasteiger partial charge < -0.3 is 10.4 Å². The molecule has 0 aliphatic carbocycles. The van der Waals surface area contributed by atoms with Gasteiger partial charge in [0.2, 0.25) is 0 Å². The first-order valence-electron chi connectivity index (χ1n) is 12.6. The van der Waals surface area contributed by atoms with Gasteiger partial charge in [0.1, 0.15) is 23.1 Å². The van der Waals surface area contributed by atoms with E-state index in [4.69, 9.17) is 0 Å². The number of rotatable bonds is 11. The maximum atomic E-state index is 13.4. The molecule has 2 rings (SSSR count). The Morgan fingerprint density at radius 3 is 2.32 bits per heavy atom. The van der Waals surface area contributed by atoms with Crippen LogP contribution in [0.25, 0.3) is 11.1 Å². The van der Waals surface area contributed by atoms with Crippen molar-refractivity contribution >= 4 is 12.1 Å². The summed E-state index contributed by atoms with van der Waals surface area (Å²) in [5.74, 6) is 0.103. The quantitative estimate of drug-likeness (QED) is 0.174. The number of amidine groups is 1. The van der Waals surface area contributed by atoms with Gasteiger partial charge in [-0.2, -0.15) is 13.2 Å². The van der Waals surface area contributed by atoms with Crippen molar-refractivity contribution < 1.29 is 22.7 Å². The molecule has 0 spiro atoms. The molecule has 0 aliphatic heterocycles. The summed E-state index contributed by atoms with van der Waals surface area (Å²) < 4.78 is 53.4. The molecule has 0 atom stereocenters. The van der Waals surface area contributed by atoms with Crippen LogP contribution in [0, 0.1) is 12.7 Å². The normalized spacial score (nSPS) is 13.6. The molecule has 0 aliphatic rings. The number of nitrogens with zero attached hydrogens (tertiary/aromatic N) is 2. The largest absolute Gasteiger partial charge is 0.508 e. The highest BCUT2D eigenvalue weighted by Gasteiger charge is 2.33. The van der Waals surface area contributed by atoms with Crippen molar-refractivity contribution in [2.45, 2.75) is 59.6 Å². The molecule has 204 valence electrons. The molecule has 0 amide bonds. The third-order valence-corrected chi connectivity index (χ3v) is 5.68. The smallest absolute Gasteiger partial charge is 0.433 e. The standard InChI is InChI=1S/C30H35F4N3O/c1-5-8-10-16-35-29(37-20-22(7-3)19-36-28(11-9-6-2)30(32,33)34)26-17-24(18-27(38)21(26)4)23-12-14-25(31)15-13-23/h7,10-19,38H,5-6,8-9,20H2,1-4H3,(H,35,37)/b16-10+,22-7+,28-11+,36-19+. The number of nitrogens with one attached hydrogen (secondary N) is 1. The fraction of sp³-hybridized carbons (Fsp3) is 0.333. The van der Waals surface area contributed by atoms with Crippen molar-refractivity contribution in [1.82, 2.24) is 5.32 Å². The van der Waals surface area contributed by atoms with E-state index in [1.807, 2.05) is 12.1 Å². The average Bonchev–Trinajstić information content (AvgIpc) is 2.88. The molecule has 0 unspecified atom stereocenters. The number of halogens is 4. The van der Waals surface area contributed by atoms with E-state index < -0.39 is 11.9 Å². The summed E-state index contributed by atoms with van der Waals surface area (Å²) in [7, 11) is 0. The van der Waals surface area contributed by atoms with E-state index >= 15 is 0 Å². The Balaban J connectivity index is 2.47. The van der Waals surface area contributed by atoms with Gasteiger partial charge in [0.25, 0.3) is 0 Å². The lowest BCUT2D eigenvalue weighted by Crippen LogP contribution is -2.21. The van der Waals surface area contributed by atoms with Crippen LogP contribution in [-0.2, 0) is 0 Å². The van der Waals surface area contributed by atoms with E-state index in [0.717, 1.165) is 18.9 Å². The lowest BCUT2D eigenvalue weighted by molar-refractivity contribution is -0.0925. The van der Waals surface area contributed by atoms with Crippen molar-refractivity contribution in [2.24, 2.45) is 9.98 Å². The molecule has 2 N–H and O–H groups in total. The molecule has 8 heteroatoms. The van der Waals surface area contributed by atoms with Crippen LogP contribution in [0.4, 0.5) is 17.6 Å². The number of phenols is 1. The van der Waals surface area contributed by atoms with Crippen LogP contribution >= 0.6 is 0 Å². The first kappa shape index (κ1) is 30.5. The SMILES string of the molecule is C\C=C(/C=N/C(=C/CCC)C(F)(F)F)CN=C(N/C=C/CCC)c1cc(-c2ccc(F)cc2)cc(O)c1C. The number of hydrogen-bond donors (Lipinski definition) is 2. The van der Waals surface area contributed by atoms with Gasteiger partial charge in [-0.15, -0.1) is 0 Å². The summed E-state index contributed by atoms with van der Waals surface area (Å²) in [4.78, 5) is 8.34. The third-order valence-electron chi connectivity index (χ3n) is 5.68. The molecule has 0 fully saturated rings. The first-order chi connectivity index (χ1) is 18.1. The molecule has 0 bridgehead atoms. The Labute approximate surface area is 222 Å².